The molecule has 0 aliphatic heterocycles. The fourth-order valence-electron chi connectivity index (χ4n) is 2.32. The Kier molecular flexibility index (Phi) is 2.95. The van der Waals surface area contributed by atoms with Gasteiger partial charge in [-0.3, -0.25) is 0 Å². The van der Waals surface area contributed by atoms with E-state index in [1.165, 1.54) is 6.20 Å². The van der Waals surface area contributed by atoms with Crippen molar-refractivity contribution in [3.8, 4) is 0 Å². The molecular weight excluding hydrogens is 254 g/mol. The molecule has 0 unspecified atom stereocenters. The van der Waals surface area contributed by atoms with Crippen LogP contribution < -0.4 is 0 Å². The molecule has 3 aromatic rings. The van der Waals surface area contributed by atoms with E-state index in [1.807, 2.05) is 36.4 Å². The zero-order chi connectivity index (χ0) is 14.1. The quantitative estimate of drug-likeness (QED) is 0.540. The fraction of sp³-hybridized carbons (Fsp3) is 0.133. The zero-order valence-corrected chi connectivity index (χ0v) is 11.0. The minimum absolute atomic E-state index is 0.0238. The van der Waals surface area contributed by atoms with Gasteiger partial charge in [0.25, 0.3) is 0 Å². The van der Waals surface area contributed by atoms with E-state index in [0.29, 0.717) is 12.4 Å². The lowest BCUT2D eigenvalue weighted by molar-refractivity contribution is -0.392. The lowest BCUT2D eigenvalue weighted by Gasteiger charge is -2.05. The SMILES string of the molecule is Cc1ncc([N+](=O)[O-])n1Cc1ccc2ccccc2c1. The van der Waals surface area contributed by atoms with E-state index < -0.39 is 4.92 Å². The van der Waals surface area contributed by atoms with Crippen molar-refractivity contribution in [3.05, 3.63) is 70.2 Å². The van der Waals surface area contributed by atoms with Crippen molar-refractivity contribution in [1.29, 1.82) is 0 Å². The van der Waals surface area contributed by atoms with Crippen molar-refractivity contribution in [2.24, 2.45) is 0 Å². The lowest BCUT2D eigenvalue weighted by atomic mass is 10.1. The molecule has 1 heterocycles. The highest BCUT2D eigenvalue weighted by Crippen LogP contribution is 2.20. The summed E-state index contributed by atoms with van der Waals surface area (Å²) in [6, 6.07) is 14.1. The number of benzene rings is 2. The summed E-state index contributed by atoms with van der Waals surface area (Å²) in [5.74, 6) is 0.667. The summed E-state index contributed by atoms with van der Waals surface area (Å²) in [4.78, 5) is 14.6. The number of aryl methyl sites for hydroxylation is 1. The predicted octanol–water partition coefficient (Wildman–Crippen LogP) is 3.30. The van der Waals surface area contributed by atoms with Crippen LogP contribution in [-0.4, -0.2) is 14.5 Å². The van der Waals surface area contributed by atoms with Crippen LogP contribution in [0.25, 0.3) is 10.8 Å². The van der Waals surface area contributed by atoms with Crippen LogP contribution in [0.4, 0.5) is 5.82 Å². The van der Waals surface area contributed by atoms with Gasteiger partial charge in [-0.15, -0.1) is 0 Å². The number of hydrogen-bond acceptors (Lipinski definition) is 3. The Labute approximate surface area is 115 Å². The van der Waals surface area contributed by atoms with E-state index in [4.69, 9.17) is 0 Å². The predicted molar refractivity (Wildman–Crippen MR) is 76.7 cm³/mol. The van der Waals surface area contributed by atoms with Gasteiger partial charge in [-0.05, 0) is 27.3 Å². The number of rotatable bonds is 3. The van der Waals surface area contributed by atoms with E-state index >= 15 is 0 Å². The Morgan fingerprint density at radius 2 is 1.95 bits per heavy atom. The van der Waals surface area contributed by atoms with Gasteiger partial charge in [0, 0.05) is 6.92 Å². The van der Waals surface area contributed by atoms with E-state index in [-0.39, 0.29) is 5.82 Å². The highest BCUT2D eigenvalue weighted by molar-refractivity contribution is 5.82. The third kappa shape index (κ3) is 2.14. The van der Waals surface area contributed by atoms with Crippen molar-refractivity contribution >= 4 is 16.6 Å². The third-order valence-corrected chi connectivity index (χ3v) is 3.38. The summed E-state index contributed by atoms with van der Waals surface area (Å²) in [6.07, 6.45) is 1.30. The molecule has 0 atom stereocenters. The minimum Gasteiger partial charge on any atom is -0.358 e. The smallest absolute Gasteiger partial charge is 0.343 e. The number of fused-ring (bicyclic) bond motifs is 1. The molecule has 0 saturated carbocycles. The Hall–Kier alpha value is -2.69. The Morgan fingerprint density at radius 1 is 1.20 bits per heavy atom. The first-order valence-electron chi connectivity index (χ1n) is 6.29. The average Bonchev–Trinajstić information content (AvgIpc) is 2.80. The number of imidazole rings is 1. The first-order chi connectivity index (χ1) is 9.65. The molecule has 0 bridgehead atoms. The van der Waals surface area contributed by atoms with Crippen LogP contribution in [-0.2, 0) is 6.54 Å². The Morgan fingerprint density at radius 3 is 2.70 bits per heavy atom. The van der Waals surface area contributed by atoms with Crippen LogP contribution in [0.1, 0.15) is 11.4 Å². The number of nitrogens with zero attached hydrogens (tertiary/aromatic N) is 3. The monoisotopic (exact) mass is 267 g/mol. The van der Waals surface area contributed by atoms with E-state index in [2.05, 4.69) is 11.1 Å². The molecule has 2 aromatic carbocycles. The van der Waals surface area contributed by atoms with Crippen molar-refractivity contribution in [1.82, 2.24) is 9.55 Å². The molecule has 20 heavy (non-hydrogen) atoms. The second-order valence-electron chi connectivity index (χ2n) is 4.69. The molecular formula is C15H13N3O2. The molecule has 1 aromatic heterocycles. The topological polar surface area (TPSA) is 61.0 Å². The van der Waals surface area contributed by atoms with Crippen LogP contribution in [0, 0.1) is 17.0 Å². The van der Waals surface area contributed by atoms with Crippen LogP contribution in [0.15, 0.2) is 48.7 Å². The molecule has 0 amide bonds. The maximum Gasteiger partial charge on any atom is 0.343 e. The summed E-state index contributed by atoms with van der Waals surface area (Å²) in [5, 5.41) is 13.3. The van der Waals surface area contributed by atoms with E-state index in [9.17, 15) is 10.1 Å². The molecule has 0 aliphatic rings. The van der Waals surface area contributed by atoms with Gasteiger partial charge < -0.3 is 10.1 Å². The van der Waals surface area contributed by atoms with Crippen molar-refractivity contribution in [2.45, 2.75) is 13.5 Å². The highest BCUT2D eigenvalue weighted by atomic mass is 16.6. The third-order valence-electron chi connectivity index (χ3n) is 3.38. The Bertz CT molecular complexity index is 793. The Balaban J connectivity index is 2.01. The van der Waals surface area contributed by atoms with Crippen LogP contribution in [0.2, 0.25) is 0 Å². The standard InChI is InChI=1S/C15H13N3O2/c1-11-16-9-15(18(19)20)17(11)10-12-6-7-13-4-2-3-5-14(13)8-12/h2-9H,10H2,1H3. The first kappa shape index (κ1) is 12.3. The molecule has 0 radical (unpaired) electrons. The number of nitro groups is 1. The van der Waals surface area contributed by atoms with Crippen LogP contribution in [0.3, 0.4) is 0 Å². The summed E-state index contributed by atoms with van der Waals surface area (Å²) in [6.45, 7) is 2.22. The molecule has 5 nitrogen and oxygen atoms in total. The lowest BCUT2D eigenvalue weighted by Crippen LogP contribution is -2.06. The van der Waals surface area contributed by atoms with Crippen LogP contribution >= 0.6 is 0 Å². The maximum atomic E-state index is 11.0. The number of hydrogen-bond donors (Lipinski definition) is 0. The first-order valence-corrected chi connectivity index (χ1v) is 6.29. The van der Waals surface area contributed by atoms with E-state index in [0.717, 1.165) is 16.3 Å². The molecule has 0 spiro atoms. The van der Waals surface area contributed by atoms with Gasteiger partial charge >= 0.3 is 5.82 Å². The van der Waals surface area contributed by atoms with Gasteiger partial charge in [0.05, 0.1) is 0 Å². The molecule has 5 heteroatoms. The van der Waals surface area contributed by atoms with E-state index in [1.54, 1.807) is 11.5 Å². The molecule has 0 fully saturated rings. The summed E-state index contributed by atoms with van der Waals surface area (Å²) < 4.78 is 1.62. The molecule has 0 aliphatic carbocycles. The molecule has 0 N–H and O–H groups in total. The minimum atomic E-state index is -0.402. The van der Waals surface area contributed by atoms with Crippen molar-refractivity contribution in [2.75, 3.05) is 0 Å². The normalized spacial score (nSPS) is 10.8. The molecule has 3 rings (SSSR count). The van der Waals surface area contributed by atoms with Gasteiger partial charge in [0.15, 0.2) is 5.82 Å². The van der Waals surface area contributed by atoms with Crippen molar-refractivity contribution in [3.63, 3.8) is 0 Å². The molecule has 0 saturated heterocycles. The fourth-order valence-corrected chi connectivity index (χ4v) is 2.32. The van der Waals surface area contributed by atoms with Gasteiger partial charge in [-0.1, -0.05) is 36.4 Å². The maximum absolute atomic E-state index is 11.0. The van der Waals surface area contributed by atoms with Gasteiger partial charge in [-0.25, -0.2) is 9.55 Å². The summed E-state index contributed by atoms with van der Waals surface area (Å²) >= 11 is 0. The highest BCUT2D eigenvalue weighted by Gasteiger charge is 2.17. The molecule has 100 valence electrons. The van der Waals surface area contributed by atoms with Gasteiger partial charge in [-0.2, -0.15) is 0 Å². The van der Waals surface area contributed by atoms with Gasteiger partial charge in [0.1, 0.15) is 12.7 Å². The second-order valence-corrected chi connectivity index (χ2v) is 4.69. The summed E-state index contributed by atoms with van der Waals surface area (Å²) in [7, 11) is 0. The zero-order valence-electron chi connectivity index (χ0n) is 11.0. The van der Waals surface area contributed by atoms with Crippen LogP contribution in [0.5, 0.6) is 0 Å². The largest absolute Gasteiger partial charge is 0.358 e. The number of aromatic nitrogens is 2. The second kappa shape index (κ2) is 4.77. The average molecular weight is 267 g/mol. The van der Waals surface area contributed by atoms with Gasteiger partial charge in [0.2, 0.25) is 0 Å². The van der Waals surface area contributed by atoms with Crippen molar-refractivity contribution < 1.29 is 4.92 Å². The summed E-state index contributed by atoms with van der Waals surface area (Å²) in [5.41, 5.74) is 1.02.